The van der Waals surface area contributed by atoms with Crippen LogP contribution in [-0.4, -0.2) is 34.5 Å². The zero-order valence-corrected chi connectivity index (χ0v) is 12.5. The summed E-state index contributed by atoms with van der Waals surface area (Å²) in [4.78, 5) is 3.41. The Balaban J connectivity index is 0.00000147. The van der Waals surface area contributed by atoms with Crippen molar-refractivity contribution in [2.24, 2.45) is 0 Å². The van der Waals surface area contributed by atoms with Gasteiger partial charge in [-0.2, -0.15) is 0 Å². The molecule has 0 fully saturated rings. The largest absolute Gasteiger partial charge is 0.394 e. The highest BCUT2D eigenvalue weighted by Gasteiger charge is 2.25. The molecule has 0 amide bonds. The van der Waals surface area contributed by atoms with Crippen LogP contribution < -0.4 is 5.32 Å². The van der Waals surface area contributed by atoms with Gasteiger partial charge in [0.2, 0.25) is 0 Å². The van der Waals surface area contributed by atoms with Crippen LogP contribution in [0, 0.1) is 0 Å². The van der Waals surface area contributed by atoms with Crippen molar-refractivity contribution >= 4 is 34.9 Å². The van der Waals surface area contributed by atoms with E-state index >= 15 is 0 Å². The second-order valence-electron chi connectivity index (χ2n) is 5.04. The van der Waals surface area contributed by atoms with E-state index in [1.165, 1.54) is 5.56 Å². The van der Waals surface area contributed by atoms with Gasteiger partial charge in [0.25, 0.3) is 0 Å². The van der Waals surface area contributed by atoms with Gasteiger partial charge in [0, 0.05) is 21.6 Å². The number of fused-ring (bicyclic) bond motifs is 3. The molecule has 0 unspecified atom stereocenters. The number of nitrogens with one attached hydrogen (secondary N) is 2. The minimum Gasteiger partial charge on any atom is -0.394 e. The number of hydrogen-bond acceptors (Lipinski definition) is 3. The van der Waals surface area contributed by atoms with Crippen molar-refractivity contribution in [2.75, 3.05) is 13.2 Å². The van der Waals surface area contributed by atoms with Crippen LogP contribution in [0.2, 0.25) is 5.02 Å². The molecule has 0 bridgehead atoms. The Morgan fingerprint density at radius 1 is 1.40 bits per heavy atom. The lowest BCUT2D eigenvalue weighted by molar-refractivity contribution is 0.0780. The van der Waals surface area contributed by atoms with E-state index in [4.69, 9.17) is 16.7 Å². The zero-order chi connectivity index (χ0) is 13.4. The third-order valence-corrected chi connectivity index (χ3v) is 3.97. The Hall–Kier alpha value is -0.780. The summed E-state index contributed by atoms with van der Waals surface area (Å²) in [6.07, 6.45) is 0.754. The van der Waals surface area contributed by atoms with Crippen molar-refractivity contribution in [3.63, 3.8) is 0 Å². The zero-order valence-electron chi connectivity index (χ0n) is 10.9. The van der Waals surface area contributed by atoms with Gasteiger partial charge in [-0.25, -0.2) is 0 Å². The molecule has 1 aromatic heterocycles. The van der Waals surface area contributed by atoms with Crippen molar-refractivity contribution in [2.45, 2.75) is 25.0 Å². The van der Waals surface area contributed by atoms with Crippen molar-refractivity contribution in [1.29, 1.82) is 0 Å². The summed E-state index contributed by atoms with van der Waals surface area (Å²) in [6.45, 7) is 0.662. The van der Waals surface area contributed by atoms with Gasteiger partial charge < -0.3 is 20.5 Å². The van der Waals surface area contributed by atoms with Crippen LogP contribution in [0.5, 0.6) is 0 Å². The third-order valence-electron chi connectivity index (χ3n) is 3.73. The third kappa shape index (κ3) is 2.80. The van der Waals surface area contributed by atoms with Crippen LogP contribution in [0.1, 0.15) is 23.7 Å². The van der Waals surface area contributed by atoms with Gasteiger partial charge in [0.15, 0.2) is 0 Å². The van der Waals surface area contributed by atoms with Crippen LogP contribution >= 0.6 is 24.0 Å². The Morgan fingerprint density at radius 3 is 2.95 bits per heavy atom. The molecular formula is C14H18Cl2N2O2. The molecule has 0 aliphatic carbocycles. The molecule has 1 aromatic carbocycles. The highest BCUT2D eigenvalue weighted by molar-refractivity contribution is 6.31. The Kier molecular flexibility index (Phi) is 4.94. The van der Waals surface area contributed by atoms with Crippen LogP contribution in [-0.2, 0) is 6.42 Å². The first-order valence-corrected chi connectivity index (χ1v) is 6.89. The van der Waals surface area contributed by atoms with Crippen molar-refractivity contribution < 1.29 is 10.2 Å². The van der Waals surface area contributed by atoms with Crippen LogP contribution in [0.3, 0.4) is 0 Å². The van der Waals surface area contributed by atoms with Gasteiger partial charge in [0.05, 0.1) is 18.8 Å². The van der Waals surface area contributed by atoms with Gasteiger partial charge in [-0.15, -0.1) is 12.4 Å². The maximum absolute atomic E-state index is 9.63. The fraction of sp³-hybridized carbons (Fsp3) is 0.429. The van der Waals surface area contributed by atoms with Gasteiger partial charge >= 0.3 is 0 Å². The molecule has 0 saturated heterocycles. The van der Waals surface area contributed by atoms with E-state index in [-0.39, 0.29) is 25.1 Å². The van der Waals surface area contributed by atoms with E-state index in [9.17, 15) is 5.11 Å². The number of rotatable bonds is 3. The molecule has 4 nitrogen and oxygen atoms in total. The minimum absolute atomic E-state index is 0. The van der Waals surface area contributed by atoms with Gasteiger partial charge in [-0.3, -0.25) is 0 Å². The molecule has 1 aliphatic rings. The monoisotopic (exact) mass is 316 g/mol. The molecule has 6 heteroatoms. The molecule has 2 atom stereocenters. The maximum atomic E-state index is 9.63. The lowest BCUT2D eigenvalue weighted by atomic mass is 9.96. The number of H-pyrrole nitrogens is 1. The summed E-state index contributed by atoms with van der Waals surface area (Å²) < 4.78 is 0. The molecule has 3 rings (SSSR count). The first-order chi connectivity index (χ1) is 9.19. The Labute approximate surface area is 128 Å². The van der Waals surface area contributed by atoms with Crippen LogP contribution in [0.25, 0.3) is 10.9 Å². The predicted octanol–water partition coefficient (Wildman–Crippen LogP) is 2.17. The number of benzene rings is 1. The minimum atomic E-state index is -0.696. The Morgan fingerprint density at radius 2 is 2.20 bits per heavy atom. The second kappa shape index (κ2) is 6.33. The van der Waals surface area contributed by atoms with E-state index in [0.29, 0.717) is 6.42 Å². The van der Waals surface area contributed by atoms with Gasteiger partial charge in [0.1, 0.15) is 0 Å². The average molecular weight is 317 g/mol. The van der Waals surface area contributed by atoms with Crippen LogP contribution in [0.4, 0.5) is 0 Å². The topological polar surface area (TPSA) is 68.3 Å². The van der Waals surface area contributed by atoms with E-state index < -0.39 is 6.10 Å². The summed E-state index contributed by atoms with van der Waals surface area (Å²) in [6, 6.07) is 5.89. The van der Waals surface area contributed by atoms with E-state index in [1.54, 1.807) is 0 Å². The van der Waals surface area contributed by atoms with E-state index in [0.717, 1.165) is 34.6 Å². The van der Waals surface area contributed by atoms with Gasteiger partial charge in [-0.1, -0.05) is 11.6 Å². The van der Waals surface area contributed by atoms with Crippen molar-refractivity contribution in [1.82, 2.24) is 10.3 Å². The summed E-state index contributed by atoms with van der Waals surface area (Å²) >= 11 is 6.06. The number of aliphatic hydroxyl groups is 2. The van der Waals surface area contributed by atoms with E-state index in [1.807, 2.05) is 18.2 Å². The predicted molar refractivity (Wildman–Crippen MR) is 82.7 cm³/mol. The maximum Gasteiger partial charge on any atom is 0.0789 e. The van der Waals surface area contributed by atoms with Crippen molar-refractivity contribution in [3.8, 4) is 0 Å². The molecule has 110 valence electrons. The molecule has 0 radical (unpaired) electrons. The standard InChI is InChI=1S/C14H17ClN2O2.ClH/c15-8-1-2-12-11(5-8)10-3-4-16-13(14(10)17-12)6-9(19)7-18;/h1-2,5,9,13,16-19H,3-4,6-7H2;1H/t9-,13+;/m1./s1. The molecule has 2 aromatic rings. The fourth-order valence-corrected chi connectivity index (χ4v) is 3.00. The highest BCUT2D eigenvalue weighted by atomic mass is 35.5. The summed E-state index contributed by atoms with van der Waals surface area (Å²) in [5, 5.41) is 23.9. The normalized spacial score (nSPS) is 19.4. The smallest absolute Gasteiger partial charge is 0.0789 e. The summed E-state index contributed by atoms with van der Waals surface area (Å²) in [5.74, 6) is 0. The first-order valence-electron chi connectivity index (χ1n) is 6.51. The molecule has 0 saturated carbocycles. The molecule has 4 N–H and O–H groups in total. The first kappa shape index (κ1) is 15.6. The lowest BCUT2D eigenvalue weighted by Crippen LogP contribution is -2.33. The molecule has 2 heterocycles. The molecular weight excluding hydrogens is 299 g/mol. The number of aliphatic hydroxyl groups excluding tert-OH is 2. The summed E-state index contributed by atoms with van der Waals surface area (Å²) in [7, 11) is 0. The Bertz CT molecular complexity index is 600. The highest BCUT2D eigenvalue weighted by Crippen LogP contribution is 2.33. The van der Waals surface area contributed by atoms with Gasteiger partial charge in [-0.05, 0) is 43.1 Å². The molecule has 20 heavy (non-hydrogen) atoms. The molecule has 0 spiro atoms. The van der Waals surface area contributed by atoms with Crippen molar-refractivity contribution in [3.05, 3.63) is 34.5 Å². The number of aromatic nitrogens is 1. The SMILES string of the molecule is Cl.OC[C@H](O)C[C@@H]1NCCc2c1[nH]c1ccc(Cl)cc21. The van der Waals surface area contributed by atoms with E-state index in [2.05, 4.69) is 10.3 Å². The molecule has 1 aliphatic heterocycles. The number of aromatic amines is 1. The second-order valence-corrected chi connectivity index (χ2v) is 5.47. The van der Waals surface area contributed by atoms with Crippen LogP contribution in [0.15, 0.2) is 18.2 Å². The number of halogens is 2. The number of hydrogen-bond donors (Lipinski definition) is 4. The average Bonchev–Trinajstić information content (AvgIpc) is 2.78. The summed E-state index contributed by atoms with van der Waals surface area (Å²) in [5.41, 5.74) is 3.45. The quantitative estimate of drug-likeness (QED) is 0.701. The fourth-order valence-electron chi connectivity index (χ4n) is 2.83. The lowest BCUT2D eigenvalue weighted by Gasteiger charge is -2.25.